The third-order valence-corrected chi connectivity index (χ3v) is 4.66. The summed E-state index contributed by atoms with van der Waals surface area (Å²) in [6, 6.07) is 0.00915. The molecule has 0 saturated carbocycles. The monoisotopic (exact) mass is 221 g/mol. The van der Waals surface area contributed by atoms with E-state index in [-0.39, 0.29) is 6.04 Å². The summed E-state index contributed by atoms with van der Waals surface area (Å²) >= 11 is 0. The fourth-order valence-electron chi connectivity index (χ4n) is 1.32. The Labute approximate surface area is 86.3 Å². The summed E-state index contributed by atoms with van der Waals surface area (Å²) in [6.45, 7) is 6.37. The predicted octanol–water partition coefficient (Wildman–Crippen LogP) is -0.523. The molecule has 6 heteroatoms. The van der Waals surface area contributed by atoms with E-state index in [0.717, 1.165) is 13.1 Å². The van der Waals surface area contributed by atoms with Crippen LogP contribution >= 0.6 is 0 Å². The van der Waals surface area contributed by atoms with E-state index in [4.69, 9.17) is 0 Å². The molecule has 1 heterocycles. The van der Waals surface area contributed by atoms with E-state index in [1.807, 2.05) is 13.8 Å². The lowest BCUT2D eigenvalue weighted by atomic mass is 10.4. The molecule has 0 aromatic rings. The van der Waals surface area contributed by atoms with E-state index in [2.05, 4.69) is 5.32 Å². The van der Waals surface area contributed by atoms with Crippen molar-refractivity contribution in [2.75, 3.05) is 33.2 Å². The Hall–Kier alpha value is -0.170. The Morgan fingerprint density at radius 3 is 2.21 bits per heavy atom. The van der Waals surface area contributed by atoms with Crippen molar-refractivity contribution in [2.24, 2.45) is 0 Å². The fraction of sp³-hybridized carbons (Fsp3) is 1.00. The van der Waals surface area contributed by atoms with Crippen molar-refractivity contribution in [1.29, 1.82) is 0 Å². The van der Waals surface area contributed by atoms with Gasteiger partial charge in [0.25, 0.3) is 10.2 Å². The number of nitrogens with zero attached hydrogens (tertiary/aromatic N) is 2. The van der Waals surface area contributed by atoms with Crippen LogP contribution in [0.5, 0.6) is 0 Å². The molecule has 0 spiro atoms. The number of hydrogen-bond acceptors (Lipinski definition) is 3. The van der Waals surface area contributed by atoms with Crippen molar-refractivity contribution >= 4 is 10.2 Å². The Kier molecular flexibility index (Phi) is 3.88. The quantitative estimate of drug-likeness (QED) is 0.697. The minimum absolute atomic E-state index is 0.00915. The molecule has 0 aromatic heterocycles. The second-order valence-electron chi connectivity index (χ2n) is 3.77. The SMILES string of the molecule is CC(C)N(C)S(=O)(=O)N1CCNCC1. The number of piperazine rings is 1. The van der Waals surface area contributed by atoms with Gasteiger partial charge in [-0.15, -0.1) is 0 Å². The molecule has 0 atom stereocenters. The molecular formula is C8H19N3O2S. The van der Waals surface area contributed by atoms with E-state index < -0.39 is 10.2 Å². The largest absolute Gasteiger partial charge is 0.314 e. The van der Waals surface area contributed by atoms with E-state index in [1.165, 1.54) is 8.61 Å². The minimum atomic E-state index is -3.23. The van der Waals surface area contributed by atoms with Crippen LogP contribution in [0.15, 0.2) is 0 Å². The Morgan fingerprint density at radius 2 is 1.79 bits per heavy atom. The molecule has 0 unspecified atom stereocenters. The van der Waals surface area contributed by atoms with Gasteiger partial charge < -0.3 is 5.32 Å². The summed E-state index contributed by atoms with van der Waals surface area (Å²) in [5, 5.41) is 3.13. The van der Waals surface area contributed by atoms with Gasteiger partial charge in [-0.2, -0.15) is 17.0 Å². The molecule has 14 heavy (non-hydrogen) atoms. The molecule has 1 N–H and O–H groups in total. The van der Waals surface area contributed by atoms with Gasteiger partial charge in [0.15, 0.2) is 0 Å². The van der Waals surface area contributed by atoms with Crippen molar-refractivity contribution in [3.63, 3.8) is 0 Å². The molecule has 84 valence electrons. The van der Waals surface area contributed by atoms with Crippen LogP contribution in [-0.2, 0) is 10.2 Å². The van der Waals surface area contributed by atoms with Gasteiger partial charge in [0, 0.05) is 39.3 Å². The standard InChI is InChI=1S/C8H19N3O2S/c1-8(2)10(3)14(12,13)11-6-4-9-5-7-11/h8-9H,4-7H2,1-3H3. The lowest BCUT2D eigenvalue weighted by Crippen LogP contribution is -2.52. The highest BCUT2D eigenvalue weighted by Gasteiger charge is 2.29. The first kappa shape index (κ1) is 11.9. The first-order valence-corrected chi connectivity index (χ1v) is 6.30. The van der Waals surface area contributed by atoms with Crippen LogP contribution in [0, 0.1) is 0 Å². The number of nitrogens with one attached hydrogen (secondary N) is 1. The van der Waals surface area contributed by atoms with Crippen LogP contribution in [0.2, 0.25) is 0 Å². The lowest BCUT2D eigenvalue weighted by molar-refractivity contribution is 0.310. The zero-order valence-electron chi connectivity index (χ0n) is 9.02. The zero-order valence-corrected chi connectivity index (χ0v) is 9.84. The van der Waals surface area contributed by atoms with Gasteiger partial charge >= 0.3 is 0 Å². The van der Waals surface area contributed by atoms with Gasteiger partial charge in [-0.3, -0.25) is 0 Å². The minimum Gasteiger partial charge on any atom is -0.314 e. The topological polar surface area (TPSA) is 52.7 Å². The highest BCUT2D eigenvalue weighted by molar-refractivity contribution is 7.86. The summed E-state index contributed by atoms with van der Waals surface area (Å²) in [5.74, 6) is 0. The summed E-state index contributed by atoms with van der Waals surface area (Å²) in [5.41, 5.74) is 0. The Balaban J connectivity index is 2.73. The highest BCUT2D eigenvalue weighted by Crippen LogP contribution is 2.10. The second kappa shape index (κ2) is 4.57. The van der Waals surface area contributed by atoms with E-state index >= 15 is 0 Å². The molecular weight excluding hydrogens is 202 g/mol. The van der Waals surface area contributed by atoms with E-state index in [0.29, 0.717) is 13.1 Å². The van der Waals surface area contributed by atoms with Gasteiger partial charge in [0.05, 0.1) is 0 Å². The maximum absolute atomic E-state index is 12.0. The molecule has 0 amide bonds. The van der Waals surface area contributed by atoms with Crippen LogP contribution in [0.3, 0.4) is 0 Å². The molecule has 0 bridgehead atoms. The molecule has 0 aromatic carbocycles. The molecule has 1 fully saturated rings. The zero-order chi connectivity index (χ0) is 10.8. The van der Waals surface area contributed by atoms with Gasteiger partial charge in [-0.05, 0) is 13.8 Å². The number of rotatable bonds is 3. The Morgan fingerprint density at radius 1 is 1.29 bits per heavy atom. The maximum Gasteiger partial charge on any atom is 0.282 e. The first-order valence-electron chi connectivity index (χ1n) is 4.90. The van der Waals surface area contributed by atoms with Gasteiger partial charge in [-0.25, -0.2) is 0 Å². The van der Waals surface area contributed by atoms with Crippen LogP contribution in [-0.4, -0.2) is 56.3 Å². The van der Waals surface area contributed by atoms with Gasteiger partial charge in [-0.1, -0.05) is 0 Å². The van der Waals surface area contributed by atoms with Gasteiger partial charge in [0.1, 0.15) is 0 Å². The highest BCUT2D eigenvalue weighted by atomic mass is 32.2. The molecule has 1 saturated heterocycles. The van der Waals surface area contributed by atoms with Crippen molar-refractivity contribution in [2.45, 2.75) is 19.9 Å². The van der Waals surface area contributed by atoms with Crippen molar-refractivity contribution < 1.29 is 8.42 Å². The van der Waals surface area contributed by atoms with Crippen LogP contribution in [0.25, 0.3) is 0 Å². The molecule has 1 aliphatic heterocycles. The normalized spacial score (nSPS) is 20.6. The average molecular weight is 221 g/mol. The maximum atomic E-state index is 12.0. The van der Waals surface area contributed by atoms with Crippen molar-refractivity contribution in [1.82, 2.24) is 13.9 Å². The summed E-state index contributed by atoms with van der Waals surface area (Å²) in [7, 11) is -1.61. The summed E-state index contributed by atoms with van der Waals surface area (Å²) in [6.07, 6.45) is 0. The summed E-state index contributed by atoms with van der Waals surface area (Å²) < 4.78 is 26.8. The molecule has 0 radical (unpaired) electrons. The van der Waals surface area contributed by atoms with Gasteiger partial charge in [0.2, 0.25) is 0 Å². The third-order valence-electron chi connectivity index (χ3n) is 2.49. The first-order chi connectivity index (χ1) is 6.46. The third kappa shape index (κ3) is 2.44. The smallest absolute Gasteiger partial charge is 0.282 e. The van der Waals surface area contributed by atoms with E-state index in [1.54, 1.807) is 7.05 Å². The molecule has 1 rings (SSSR count). The lowest BCUT2D eigenvalue weighted by Gasteiger charge is -2.32. The van der Waals surface area contributed by atoms with E-state index in [9.17, 15) is 8.42 Å². The second-order valence-corrected chi connectivity index (χ2v) is 5.75. The average Bonchev–Trinajstić information content (AvgIpc) is 2.18. The molecule has 0 aliphatic carbocycles. The van der Waals surface area contributed by atoms with Crippen LogP contribution < -0.4 is 5.32 Å². The van der Waals surface area contributed by atoms with Crippen LogP contribution in [0.1, 0.15) is 13.8 Å². The Bertz CT molecular complexity index is 270. The summed E-state index contributed by atoms with van der Waals surface area (Å²) in [4.78, 5) is 0. The van der Waals surface area contributed by atoms with Crippen molar-refractivity contribution in [3.05, 3.63) is 0 Å². The van der Waals surface area contributed by atoms with Crippen LogP contribution in [0.4, 0.5) is 0 Å². The molecule has 1 aliphatic rings. The van der Waals surface area contributed by atoms with Crippen molar-refractivity contribution in [3.8, 4) is 0 Å². The molecule has 5 nitrogen and oxygen atoms in total. The number of hydrogen-bond donors (Lipinski definition) is 1. The fourth-order valence-corrected chi connectivity index (χ4v) is 2.86. The predicted molar refractivity (Wildman–Crippen MR) is 56.3 cm³/mol.